The highest BCUT2D eigenvalue weighted by molar-refractivity contribution is 6.42. The fourth-order valence-corrected chi connectivity index (χ4v) is 1.48. The van der Waals surface area contributed by atoms with Gasteiger partial charge in [-0.25, -0.2) is 0 Å². The molecule has 0 aliphatic heterocycles. The molecule has 1 aromatic rings. The Balaban J connectivity index is 2.95. The Morgan fingerprint density at radius 1 is 1.50 bits per heavy atom. The number of aliphatic carboxylic acids is 1. The Kier molecular flexibility index (Phi) is 3.75. The van der Waals surface area contributed by atoms with Crippen LogP contribution in [0.25, 0.3) is 0 Å². The van der Waals surface area contributed by atoms with Gasteiger partial charge in [0.1, 0.15) is 0 Å². The van der Waals surface area contributed by atoms with Crippen molar-refractivity contribution < 1.29 is 15.0 Å². The van der Waals surface area contributed by atoms with E-state index in [1.54, 1.807) is 12.1 Å². The molecule has 0 saturated carbocycles. The molecular weight excluding hydrogens is 227 g/mol. The second-order valence-electron chi connectivity index (χ2n) is 2.73. The largest absolute Gasteiger partial charge is 0.550 e. The quantitative estimate of drug-likeness (QED) is 0.853. The van der Waals surface area contributed by atoms with Gasteiger partial charge in [0.2, 0.25) is 0 Å². The van der Waals surface area contributed by atoms with Gasteiger partial charge in [0.25, 0.3) is 0 Å². The van der Waals surface area contributed by atoms with Gasteiger partial charge in [-0.3, -0.25) is 0 Å². The molecule has 76 valence electrons. The number of carbonyl (C=O) groups is 1. The minimum Gasteiger partial charge on any atom is -0.550 e. The third-order valence-corrected chi connectivity index (χ3v) is 2.53. The molecule has 0 aliphatic carbocycles. The summed E-state index contributed by atoms with van der Waals surface area (Å²) >= 11 is 11.5. The lowest BCUT2D eigenvalue weighted by Gasteiger charge is -2.13. The molecule has 0 bridgehead atoms. The van der Waals surface area contributed by atoms with Crippen LogP contribution in [0.5, 0.6) is 0 Å². The minimum atomic E-state index is -1.34. The van der Waals surface area contributed by atoms with E-state index in [1.807, 2.05) is 0 Å². The number of carboxylic acids is 1. The van der Waals surface area contributed by atoms with Crippen LogP contribution in [-0.4, -0.2) is 11.1 Å². The van der Waals surface area contributed by atoms with Crippen molar-refractivity contribution in [3.05, 3.63) is 33.8 Å². The molecule has 3 nitrogen and oxygen atoms in total. The SMILES string of the molecule is O=C([O-])CC(O)c1cccc(Cl)c1Cl. The van der Waals surface area contributed by atoms with Crippen LogP contribution in [0.4, 0.5) is 0 Å². The lowest BCUT2D eigenvalue weighted by Crippen LogP contribution is -2.24. The van der Waals surface area contributed by atoms with Crippen molar-refractivity contribution >= 4 is 29.2 Å². The van der Waals surface area contributed by atoms with Crippen LogP contribution in [0, 0.1) is 0 Å². The maximum atomic E-state index is 10.2. The van der Waals surface area contributed by atoms with Crippen molar-refractivity contribution in [2.75, 3.05) is 0 Å². The number of benzene rings is 1. The average molecular weight is 234 g/mol. The predicted molar refractivity (Wildman–Crippen MR) is 51.0 cm³/mol. The molecular formula is C9H7Cl2O3-. The van der Waals surface area contributed by atoms with Gasteiger partial charge in [-0.15, -0.1) is 0 Å². The number of hydrogen-bond acceptors (Lipinski definition) is 3. The molecule has 0 aromatic heterocycles. The van der Waals surface area contributed by atoms with Crippen molar-refractivity contribution in [3.63, 3.8) is 0 Å². The van der Waals surface area contributed by atoms with E-state index in [-0.39, 0.29) is 10.0 Å². The van der Waals surface area contributed by atoms with E-state index < -0.39 is 18.5 Å². The molecule has 1 rings (SSSR count). The highest BCUT2D eigenvalue weighted by Gasteiger charge is 2.13. The molecule has 0 aliphatic rings. The fraction of sp³-hybridized carbons (Fsp3) is 0.222. The van der Waals surface area contributed by atoms with E-state index in [2.05, 4.69) is 0 Å². The summed E-state index contributed by atoms with van der Waals surface area (Å²) in [7, 11) is 0. The molecule has 0 amide bonds. The molecule has 0 heterocycles. The Labute approximate surface area is 90.9 Å². The van der Waals surface area contributed by atoms with Crippen LogP contribution in [0.1, 0.15) is 18.1 Å². The van der Waals surface area contributed by atoms with Gasteiger partial charge in [-0.1, -0.05) is 35.3 Å². The molecule has 1 unspecified atom stereocenters. The number of carboxylic acid groups (broad SMARTS) is 1. The first-order valence-electron chi connectivity index (χ1n) is 3.84. The van der Waals surface area contributed by atoms with Gasteiger partial charge >= 0.3 is 0 Å². The van der Waals surface area contributed by atoms with Gasteiger partial charge in [0.15, 0.2) is 0 Å². The van der Waals surface area contributed by atoms with Crippen LogP contribution < -0.4 is 5.11 Å². The summed E-state index contributed by atoms with van der Waals surface area (Å²) in [6, 6.07) is 4.66. The standard InChI is InChI=1S/C9H8Cl2O3/c10-6-3-1-2-5(9(6)11)7(12)4-8(13)14/h1-3,7,12H,4H2,(H,13,14)/p-1. The summed E-state index contributed by atoms with van der Waals surface area (Å²) in [5.41, 5.74) is 0.295. The van der Waals surface area contributed by atoms with Crippen molar-refractivity contribution in [1.82, 2.24) is 0 Å². The van der Waals surface area contributed by atoms with Gasteiger partial charge in [0, 0.05) is 18.0 Å². The summed E-state index contributed by atoms with van der Waals surface area (Å²) in [6.07, 6.45) is -1.69. The number of hydrogen-bond donors (Lipinski definition) is 1. The molecule has 1 aromatic carbocycles. The predicted octanol–water partition coefficient (Wildman–Crippen LogP) is 1.17. The molecule has 0 spiro atoms. The van der Waals surface area contributed by atoms with Crippen molar-refractivity contribution in [2.45, 2.75) is 12.5 Å². The Hall–Kier alpha value is -0.770. The van der Waals surface area contributed by atoms with E-state index in [4.69, 9.17) is 23.2 Å². The van der Waals surface area contributed by atoms with Crippen molar-refractivity contribution in [1.29, 1.82) is 0 Å². The Morgan fingerprint density at radius 3 is 2.71 bits per heavy atom. The first-order valence-corrected chi connectivity index (χ1v) is 4.59. The van der Waals surface area contributed by atoms with Crippen LogP contribution in [-0.2, 0) is 4.79 Å². The third kappa shape index (κ3) is 2.61. The molecule has 1 atom stereocenters. The summed E-state index contributed by atoms with van der Waals surface area (Å²) in [6.45, 7) is 0. The number of halogens is 2. The van der Waals surface area contributed by atoms with Crippen molar-refractivity contribution in [2.24, 2.45) is 0 Å². The molecule has 0 fully saturated rings. The van der Waals surface area contributed by atoms with Gasteiger partial charge < -0.3 is 15.0 Å². The average Bonchev–Trinajstić information content (AvgIpc) is 2.08. The van der Waals surface area contributed by atoms with Crippen LogP contribution in [0.2, 0.25) is 10.0 Å². The summed E-state index contributed by atoms with van der Waals surface area (Å²) in [5, 5.41) is 20.1. The number of aliphatic hydroxyl groups excluding tert-OH is 1. The maximum Gasteiger partial charge on any atom is 0.0857 e. The molecule has 0 saturated heterocycles. The molecule has 5 heteroatoms. The van der Waals surface area contributed by atoms with Gasteiger partial charge in [-0.2, -0.15) is 0 Å². The third-order valence-electron chi connectivity index (χ3n) is 1.70. The molecule has 1 N–H and O–H groups in total. The monoisotopic (exact) mass is 233 g/mol. The second kappa shape index (κ2) is 4.64. The lowest BCUT2D eigenvalue weighted by molar-refractivity contribution is -0.307. The fourth-order valence-electron chi connectivity index (χ4n) is 1.05. The van der Waals surface area contributed by atoms with E-state index in [0.29, 0.717) is 5.56 Å². The van der Waals surface area contributed by atoms with E-state index in [1.165, 1.54) is 6.07 Å². The Bertz CT molecular complexity index is 352. The Morgan fingerprint density at radius 2 is 2.14 bits per heavy atom. The van der Waals surface area contributed by atoms with Crippen LogP contribution >= 0.6 is 23.2 Å². The zero-order chi connectivity index (χ0) is 10.7. The second-order valence-corrected chi connectivity index (χ2v) is 3.52. The van der Waals surface area contributed by atoms with Gasteiger partial charge in [0.05, 0.1) is 16.1 Å². The first-order chi connectivity index (χ1) is 6.52. The van der Waals surface area contributed by atoms with Crippen LogP contribution in [0.3, 0.4) is 0 Å². The first kappa shape index (κ1) is 11.3. The maximum absolute atomic E-state index is 10.2. The smallest absolute Gasteiger partial charge is 0.0857 e. The minimum absolute atomic E-state index is 0.169. The van der Waals surface area contributed by atoms with E-state index >= 15 is 0 Å². The number of aliphatic hydroxyl groups is 1. The normalized spacial score (nSPS) is 12.5. The molecule has 0 radical (unpaired) electrons. The highest BCUT2D eigenvalue weighted by atomic mass is 35.5. The summed E-state index contributed by atoms with van der Waals surface area (Å²) in [5.74, 6) is -1.34. The van der Waals surface area contributed by atoms with E-state index in [9.17, 15) is 15.0 Å². The van der Waals surface area contributed by atoms with E-state index in [0.717, 1.165) is 0 Å². The van der Waals surface area contributed by atoms with Crippen LogP contribution in [0.15, 0.2) is 18.2 Å². The lowest BCUT2D eigenvalue weighted by atomic mass is 10.1. The summed E-state index contributed by atoms with van der Waals surface area (Å²) < 4.78 is 0. The van der Waals surface area contributed by atoms with Crippen molar-refractivity contribution in [3.8, 4) is 0 Å². The highest BCUT2D eigenvalue weighted by Crippen LogP contribution is 2.30. The number of carbonyl (C=O) groups excluding carboxylic acids is 1. The topological polar surface area (TPSA) is 60.4 Å². The zero-order valence-electron chi connectivity index (χ0n) is 7.04. The molecule has 14 heavy (non-hydrogen) atoms. The summed E-state index contributed by atoms with van der Waals surface area (Å²) in [4.78, 5) is 10.2. The van der Waals surface area contributed by atoms with Gasteiger partial charge in [-0.05, 0) is 6.07 Å². The zero-order valence-corrected chi connectivity index (χ0v) is 8.55. The number of rotatable bonds is 3.